The van der Waals surface area contributed by atoms with Crippen LogP contribution in [0.5, 0.6) is 0 Å². The van der Waals surface area contributed by atoms with Crippen molar-refractivity contribution in [2.75, 3.05) is 12.8 Å². The summed E-state index contributed by atoms with van der Waals surface area (Å²) in [7, 11) is 1.78. The summed E-state index contributed by atoms with van der Waals surface area (Å²) in [4.78, 5) is 4.45. The third-order valence-electron chi connectivity index (χ3n) is 3.93. The number of aromatic nitrogens is 2. The van der Waals surface area contributed by atoms with E-state index in [0.29, 0.717) is 18.1 Å². The smallest absolute Gasteiger partial charge is 0.201 e. The van der Waals surface area contributed by atoms with Crippen LogP contribution in [0, 0.1) is 6.92 Å². The first kappa shape index (κ1) is 11.5. The van der Waals surface area contributed by atoms with Crippen molar-refractivity contribution in [1.29, 1.82) is 0 Å². The lowest BCUT2D eigenvalue weighted by atomic mass is 10.2. The van der Waals surface area contributed by atoms with Crippen LogP contribution in [-0.4, -0.2) is 22.8 Å². The number of hydrogen-bond acceptors (Lipinski definition) is 3. The zero-order valence-electron chi connectivity index (χ0n) is 10.9. The molecular formula is C14H19N3O. The van der Waals surface area contributed by atoms with Crippen molar-refractivity contribution in [3.8, 4) is 0 Å². The van der Waals surface area contributed by atoms with Crippen LogP contribution in [0.1, 0.15) is 30.9 Å². The van der Waals surface area contributed by atoms with Gasteiger partial charge in [-0.1, -0.05) is 6.07 Å². The fourth-order valence-electron chi connectivity index (χ4n) is 2.97. The molecule has 1 aliphatic carbocycles. The van der Waals surface area contributed by atoms with E-state index in [1.807, 2.05) is 6.07 Å². The first-order valence-electron chi connectivity index (χ1n) is 6.46. The molecule has 2 N–H and O–H groups in total. The van der Waals surface area contributed by atoms with E-state index in [-0.39, 0.29) is 0 Å². The van der Waals surface area contributed by atoms with Crippen LogP contribution in [0.15, 0.2) is 18.2 Å². The molecule has 0 bridgehead atoms. The summed E-state index contributed by atoms with van der Waals surface area (Å²) >= 11 is 0. The zero-order valence-corrected chi connectivity index (χ0v) is 10.9. The van der Waals surface area contributed by atoms with Crippen LogP contribution in [0.2, 0.25) is 0 Å². The Hall–Kier alpha value is -1.55. The van der Waals surface area contributed by atoms with Crippen molar-refractivity contribution < 1.29 is 4.74 Å². The van der Waals surface area contributed by atoms with Crippen LogP contribution in [-0.2, 0) is 4.74 Å². The number of rotatable bonds is 2. The van der Waals surface area contributed by atoms with Crippen LogP contribution in [0.3, 0.4) is 0 Å². The number of methoxy groups -OCH3 is 1. The highest BCUT2D eigenvalue weighted by Gasteiger charge is 2.28. The molecule has 0 aliphatic heterocycles. The van der Waals surface area contributed by atoms with Crippen LogP contribution < -0.4 is 5.73 Å². The zero-order chi connectivity index (χ0) is 12.7. The number of anilines is 1. The number of hydrogen-bond donors (Lipinski definition) is 1. The van der Waals surface area contributed by atoms with Crippen molar-refractivity contribution in [2.24, 2.45) is 0 Å². The fourth-order valence-corrected chi connectivity index (χ4v) is 2.97. The Morgan fingerprint density at radius 2 is 2.22 bits per heavy atom. The van der Waals surface area contributed by atoms with Gasteiger partial charge in [0.1, 0.15) is 0 Å². The predicted molar refractivity (Wildman–Crippen MR) is 72.6 cm³/mol. The Labute approximate surface area is 107 Å². The Balaban J connectivity index is 2.05. The molecule has 4 nitrogen and oxygen atoms in total. The van der Waals surface area contributed by atoms with Gasteiger partial charge >= 0.3 is 0 Å². The molecule has 18 heavy (non-hydrogen) atoms. The molecule has 1 aliphatic rings. The average Bonchev–Trinajstić information content (AvgIpc) is 2.92. The number of benzene rings is 1. The molecule has 0 spiro atoms. The second kappa shape index (κ2) is 4.28. The summed E-state index contributed by atoms with van der Waals surface area (Å²) in [6, 6.07) is 6.70. The van der Waals surface area contributed by atoms with Gasteiger partial charge in [0.05, 0.1) is 17.1 Å². The van der Waals surface area contributed by atoms with Gasteiger partial charge in [0.2, 0.25) is 5.95 Å². The van der Waals surface area contributed by atoms with Crippen molar-refractivity contribution in [2.45, 2.75) is 38.3 Å². The fraction of sp³-hybridized carbons (Fsp3) is 0.500. The van der Waals surface area contributed by atoms with Crippen molar-refractivity contribution >= 4 is 17.0 Å². The molecule has 1 aromatic heterocycles. The number of nitrogen functional groups attached to an aromatic ring is 1. The maximum Gasteiger partial charge on any atom is 0.201 e. The maximum atomic E-state index is 6.08. The molecule has 3 rings (SSSR count). The Morgan fingerprint density at radius 1 is 1.39 bits per heavy atom. The standard InChI is InChI=1S/C14H19N3O/c1-9-3-6-12-13(7-9)17(14(15)16-12)10-4-5-11(8-10)18-2/h3,6-7,10-11H,4-5,8H2,1-2H3,(H2,15,16). The normalized spacial score (nSPS) is 23.9. The van der Waals surface area contributed by atoms with Crippen LogP contribution >= 0.6 is 0 Å². The molecule has 1 saturated carbocycles. The maximum absolute atomic E-state index is 6.08. The summed E-state index contributed by atoms with van der Waals surface area (Å²) in [5.41, 5.74) is 9.45. The van der Waals surface area contributed by atoms with Crippen molar-refractivity contribution in [1.82, 2.24) is 9.55 Å². The lowest BCUT2D eigenvalue weighted by Gasteiger charge is -2.15. The van der Waals surface area contributed by atoms with E-state index in [0.717, 1.165) is 30.3 Å². The number of fused-ring (bicyclic) bond motifs is 1. The summed E-state index contributed by atoms with van der Waals surface area (Å²) in [5, 5.41) is 0. The monoisotopic (exact) mass is 245 g/mol. The van der Waals surface area contributed by atoms with E-state index >= 15 is 0 Å². The number of aryl methyl sites for hydroxylation is 1. The van der Waals surface area contributed by atoms with Crippen LogP contribution in [0.4, 0.5) is 5.95 Å². The molecule has 0 saturated heterocycles. The predicted octanol–water partition coefficient (Wildman–Crippen LogP) is 2.67. The molecule has 1 fully saturated rings. The first-order chi connectivity index (χ1) is 8.69. The molecular weight excluding hydrogens is 226 g/mol. The van der Waals surface area contributed by atoms with Crippen molar-refractivity contribution in [3.63, 3.8) is 0 Å². The van der Waals surface area contributed by atoms with Gasteiger partial charge in [-0.15, -0.1) is 0 Å². The molecule has 0 radical (unpaired) electrons. The molecule has 4 heteroatoms. The Morgan fingerprint density at radius 3 is 2.94 bits per heavy atom. The summed E-state index contributed by atoms with van der Waals surface area (Å²) < 4.78 is 7.62. The van der Waals surface area contributed by atoms with E-state index in [9.17, 15) is 0 Å². The van der Waals surface area contributed by atoms with Gasteiger partial charge in [0.15, 0.2) is 0 Å². The number of imidazole rings is 1. The van der Waals surface area contributed by atoms with E-state index in [4.69, 9.17) is 10.5 Å². The SMILES string of the molecule is COC1CCC(n2c(N)nc3ccc(C)cc32)C1. The third-order valence-corrected chi connectivity index (χ3v) is 3.93. The van der Waals surface area contributed by atoms with Gasteiger partial charge in [-0.2, -0.15) is 0 Å². The number of nitrogens with zero attached hydrogens (tertiary/aromatic N) is 2. The minimum atomic E-state index is 0.358. The Kier molecular flexibility index (Phi) is 2.74. The van der Waals surface area contributed by atoms with Crippen molar-refractivity contribution in [3.05, 3.63) is 23.8 Å². The van der Waals surface area contributed by atoms with Gasteiger partial charge in [-0.3, -0.25) is 0 Å². The molecule has 2 aromatic rings. The van der Waals surface area contributed by atoms with Gasteiger partial charge in [0, 0.05) is 13.2 Å². The largest absolute Gasteiger partial charge is 0.381 e. The second-order valence-corrected chi connectivity index (χ2v) is 5.16. The van der Waals surface area contributed by atoms with Gasteiger partial charge in [0.25, 0.3) is 0 Å². The average molecular weight is 245 g/mol. The van der Waals surface area contributed by atoms with Gasteiger partial charge in [-0.05, 0) is 43.9 Å². The first-order valence-corrected chi connectivity index (χ1v) is 6.46. The highest BCUT2D eigenvalue weighted by molar-refractivity contribution is 5.79. The number of ether oxygens (including phenoxy) is 1. The number of nitrogens with two attached hydrogens (primary N) is 1. The van der Waals surface area contributed by atoms with Crippen LogP contribution in [0.25, 0.3) is 11.0 Å². The van der Waals surface area contributed by atoms with E-state index < -0.39 is 0 Å². The molecule has 2 atom stereocenters. The molecule has 1 aromatic carbocycles. The second-order valence-electron chi connectivity index (χ2n) is 5.16. The minimum Gasteiger partial charge on any atom is -0.381 e. The quantitative estimate of drug-likeness (QED) is 0.885. The highest BCUT2D eigenvalue weighted by Crippen LogP contribution is 2.36. The summed E-state index contributed by atoms with van der Waals surface area (Å²) in [5.74, 6) is 0.623. The molecule has 96 valence electrons. The lowest BCUT2D eigenvalue weighted by molar-refractivity contribution is 0.106. The molecule has 0 amide bonds. The minimum absolute atomic E-state index is 0.358. The molecule has 1 heterocycles. The lowest BCUT2D eigenvalue weighted by Crippen LogP contribution is -2.11. The van der Waals surface area contributed by atoms with E-state index in [1.165, 1.54) is 5.56 Å². The molecule has 2 unspecified atom stereocenters. The third kappa shape index (κ3) is 1.77. The van der Waals surface area contributed by atoms with E-state index in [1.54, 1.807) is 7.11 Å². The van der Waals surface area contributed by atoms with Gasteiger partial charge < -0.3 is 15.0 Å². The topological polar surface area (TPSA) is 53.1 Å². The summed E-state index contributed by atoms with van der Waals surface area (Å²) in [6.45, 7) is 2.10. The summed E-state index contributed by atoms with van der Waals surface area (Å²) in [6.07, 6.45) is 3.60. The highest BCUT2D eigenvalue weighted by atomic mass is 16.5. The Bertz CT molecular complexity index is 576. The van der Waals surface area contributed by atoms with E-state index in [2.05, 4.69) is 28.6 Å². The van der Waals surface area contributed by atoms with Gasteiger partial charge in [-0.25, -0.2) is 4.98 Å².